The zero-order chi connectivity index (χ0) is 21.5. The predicted octanol–water partition coefficient (Wildman–Crippen LogP) is 5.14. The van der Waals surface area contributed by atoms with Crippen LogP contribution in [0, 0.1) is 6.92 Å². The number of carbonyl (C=O) groups excluding carboxylic acids is 1. The minimum atomic E-state index is -0.291. The van der Waals surface area contributed by atoms with E-state index in [9.17, 15) is 4.79 Å². The van der Waals surface area contributed by atoms with Gasteiger partial charge in [-0.2, -0.15) is 10.1 Å². The normalized spacial score (nSPS) is 11.0. The van der Waals surface area contributed by atoms with Crippen LogP contribution in [0.4, 0.5) is 23.1 Å². The van der Waals surface area contributed by atoms with Gasteiger partial charge in [0.1, 0.15) is 5.02 Å². The fourth-order valence-electron chi connectivity index (χ4n) is 2.51. The first-order valence-electron chi connectivity index (χ1n) is 9.15. The van der Waals surface area contributed by atoms with E-state index in [1.54, 1.807) is 18.2 Å². The van der Waals surface area contributed by atoms with Gasteiger partial charge in [0.05, 0.1) is 11.9 Å². The van der Waals surface area contributed by atoms with Crippen molar-refractivity contribution >= 4 is 46.4 Å². The van der Waals surface area contributed by atoms with Gasteiger partial charge in [-0.25, -0.2) is 10.4 Å². The van der Waals surface area contributed by atoms with Gasteiger partial charge in [-0.15, -0.1) is 0 Å². The summed E-state index contributed by atoms with van der Waals surface area (Å²) in [5.41, 5.74) is 7.15. The van der Waals surface area contributed by atoms with E-state index in [0.29, 0.717) is 28.2 Å². The minimum absolute atomic E-state index is 0.291. The van der Waals surface area contributed by atoms with Crippen molar-refractivity contribution in [2.24, 2.45) is 5.10 Å². The number of amides is 1. The molecule has 3 rings (SSSR count). The Bertz CT molecular complexity index is 1100. The molecule has 0 aliphatic heterocycles. The van der Waals surface area contributed by atoms with Crippen LogP contribution < -0.4 is 16.1 Å². The summed E-state index contributed by atoms with van der Waals surface area (Å²) < 4.78 is 0. The minimum Gasteiger partial charge on any atom is -0.339 e. The summed E-state index contributed by atoms with van der Waals surface area (Å²) in [6.45, 7) is 7.38. The molecular weight excluding hydrogens is 400 g/mol. The molecule has 0 aliphatic carbocycles. The Labute approximate surface area is 179 Å². The average Bonchev–Trinajstić information content (AvgIpc) is 2.74. The topological polar surface area (TPSA) is 91.3 Å². The van der Waals surface area contributed by atoms with E-state index in [4.69, 9.17) is 11.6 Å². The SMILES string of the molecule is C=CC(=O)Nc1cccc(Nc2nc(N/N=C(\C)c3ccc(C)cc3)ncc2Cl)c1. The first kappa shape index (κ1) is 21.0. The number of carbonyl (C=O) groups is 1. The third kappa shape index (κ3) is 5.65. The van der Waals surface area contributed by atoms with Gasteiger partial charge >= 0.3 is 0 Å². The molecule has 7 nitrogen and oxygen atoms in total. The van der Waals surface area contributed by atoms with Crippen LogP contribution in [0.2, 0.25) is 5.02 Å². The monoisotopic (exact) mass is 420 g/mol. The number of halogens is 1. The standard InChI is InChI=1S/C22H21ClN6O/c1-4-20(30)25-17-6-5-7-18(12-17)26-21-19(23)13-24-22(27-21)29-28-15(3)16-10-8-14(2)9-11-16/h4-13H,1H2,2-3H3,(H,25,30)(H2,24,26,27,29)/b28-15+. The summed E-state index contributed by atoms with van der Waals surface area (Å²) >= 11 is 6.23. The van der Waals surface area contributed by atoms with Crippen molar-refractivity contribution in [3.63, 3.8) is 0 Å². The number of anilines is 4. The summed E-state index contributed by atoms with van der Waals surface area (Å²) in [7, 11) is 0. The van der Waals surface area contributed by atoms with Gasteiger partial charge in [-0.05, 0) is 43.7 Å². The number of benzene rings is 2. The molecule has 3 N–H and O–H groups in total. The van der Waals surface area contributed by atoms with Crippen LogP contribution in [0.3, 0.4) is 0 Å². The van der Waals surface area contributed by atoms with Crippen LogP contribution in [-0.2, 0) is 4.79 Å². The van der Waals surface area contributed by atoms with E-state index in [-0.39, 0.29) is 5.91 Å². The molecule has 0 bridgehead atoms. The molecule has 3 aromatic rings. The van der Waals surface area contributed by atoms with Crippen molar-refractivity contribution in [1.29, 1.82) is 0 Å². The molecule has 0 aliphatic rings. The summed E-state index contributed by atoms with van der Waals surface area (Å²) in [6.07, 6.45) is 2.69. The quantitative estimate of drug-likeness (QED) is 0.279. The van der Waals surface area contributed by atoms with Crippen molar-refractivity contribution < 1.29 is 4.79 Å². The number of hydrazone groups is 1. The summed E-state index contributed by atoms with van der Waals surface area (Å²) in [4.78, 5) is 20.0. The molecule has 0 radical (unpaired) electrons. The Balaban J connectivity index is 1.74. The zero-order valence-electron chi connectivity index (χ0n) is 16.6. The maximum atomic E-state index is 11.5. The molecule has 0 atom stereocenters. The van der Waals surface area contributed by atoms with Crippen LogP contribution >= 0.6 is 11.6 Å². The van der Waals surface area contributed by atoms with Crippen LogP contribution in [-0.4, -0.2) is 21.6 Å². The van der Waals surface area contributed by atoms with Crippen molar-refractivity contribution in [3.8, 4) is 0 Å². The second kappa shape index (κ2) is 9.67. The molecule has 0 unspecified atom stereocenters. The molecule has 1 heterocycles. The highest BCUT2D eigenvalue weighted by Crippen LogP contribution is 2.25. The van der Waals surface area contributed by atoms with Crippen LogP contribution in [0.5, 0.6) is 0 Å². The first-order valence-corrected chi connectivity index (χ1v) is 9.53. The molecule has 1 aromatic heterocycles. The Kier molecular flexibility index (Phi) is 6.77. The molecule has 0 saturated carbocycles. The van der Waals surface area contributed by atoms with Crippen LogP contribution in [0.25, 0.3) is 0 Å². The van der Waals surface area contributed by atoms with Gasteiger partial charge in [0.15, 0.2) is 5.82 Å². The van der Waals surface area contributed by atoms with E-state index in [1.165, 1.54) is 17.8 Å². The third-order valence-corrected chi connectivity index (χ3v) is 4.39. The molecular formula is C22H21ClN6O. The van der Waals surface area contributed by atoms with Crippen LogP contribution in [0.15, 0.2) is 72.5 Å². The maximum absolute atomic E-state index is 11.5. The fraction of sp³-hybridized carbons (Fsp3) is 0.0909. The van der Waals surface area contributed by atoms with Gasteiger partial charge in [0.2, 0.25) is 11.9 Å². The van der Waals surface area contributed by atoms with Gasteiger partial charge in [0, 0.05) is 11.4 Å². The average molecular weight is 421 g/mol. The highest BCUT2D eigenvalue weighted by atomic mass is 35.5. The van der Waals surface area contributed by atoms with Crippen molar-refractivity contribution in [2.75, 3.05) is 16.1 Å². The molecule has 0 saturated heterocycles. The number of hydrogen-bond donors (Lipinski definition) is 3. The van der Waals surface area contributed by atoms with Crippen molar-refractivity contribution in [2.45, 2.75) is 13.8 Å². The lowest BCUT2D eigenvalue weighted by molar-refractivity contribution is -0.111. The Morgan fingerprint density at radius 3 is 2.63 bits per heavy atom. The molecule has 0 spiro atoms. The fourth-order valence-corrected chi connectivity index (χ4v) is 2.64. The second-order valence-electron chi connectivity index (χ2n) is 6.46. The number of hydrogen-bond acceptors (Lipinski definition) is 6. The van der Waals surface area contributed by atoms with Gasteiger partial charge in [0.25, 0.3) is 0 Å². The molecule has 8 heteroatoms. The molecule has 0 fully saturated rings. The largest absolute Gasteiger partial charge is 0.339 e. The smallest absolute Gasteiger partial charge is 0.247 e. The highest BCUT2D eigenvalue weighted by molar-refractivity contribution is 6.32. The van der Waals surface area contributed by atoms with E-state index in [1.807, 2.05) is 44.2 Å². The van der Waals surface area contributed by atoms with Gasteiger partial charge in [-0.1, -0.05) is 54.1 Å². The van der Waals surface area contributed by atoms with Crippen molar-refractivity contribution in [1.82, 2.24) is 9.97 Å². The Hall–Kier alpha value is -3.71. The molecule has 1 amide bonds. The summed E-state index contributed by atoms with van der Waals surface area (Å²) in [5, 5.41) is 10.5. The van der Waals surface area contributed by atoms with E-state index < -0.39 is 0 Å². The highest BCUT2D eigenvalue weighted by Gasteiger charge is 2.07. The lowest BCUT2D eigenvalue weighted by atomic mass is 10.1. The van der Waals surface area contributed by atoms with Gasteiger partial charge in [-0.3, -0.25) is 4.79 Å². The predicted molar refractivity (Wildman–Crippen MR) is 123 cm³/mol. The number of nitrogens with zero attached hydrogens (tertiary/aromatic N) is 3. The number of aromatic nitrogens is 2. The third-order valence-electron chi connectivity index (χ3n) is 4.12. The summed E-state index contributed by atoms with van der Waals surface area (Å²) in [6, 6.07) is 15.2. The van der Waals surface area contributed by atoms with E-state index >= 15 is 0 Å². The molecule has 2 aromatic carbocycles. The maximum Gasteiger partial charge on any atom is 0.247 e. The van der Waals surface area contributed by atoms with E-state index in [2.05, 4.69) is 37.7 Å². The van der Waals surface area contributed by atoms with Crippen molar-refractivity contribution in [3.05, 3.63) is 83.5 Å². The zero-order valence-corrected chi connectivity index (χ0v) is 17.4. The summed E-state index contributed by atoms with van der Waals surface area (Å²) in [5.74, 6) is 0.412. The molecule has 152 valence electrons. The number of nitrogens with one attached hydrogen (secondary N) is 3. The lowest BCUT2D eigenvalue weighted by Gasteiger charge is -2.10. The number of aryl methyl sites for hydroxylation is 1. The second-order valence-corrected chi connectivity index (χ2v) is 6.87. The van der Waals surface area contributed by atoms with Gasteiger partial charge < -0.3 is 10.6 Å². The first-order chi connectivity index (χ1) is 14.4. The lowest BCUT2D eigenvalue weighted by Crippen LogP contribution is -2.07. The number of rotatable bonds is 7. The Morgan fingerprint density at radius 1 is 1.17 bits per heavy atom. The van der Waals surface area contributed by atoms with E-state index in [0.717, 1.165) is 11.3 Å². The van der Waals surface area contributed by atoms with Crippen LogP contribution in [0.1, 0.15) is 18.1 Å². The molecule has 30 heavy (non-hydrogen) atoms. The Morgan fingerprint density at radius 2 is 1.90 bits per heavy atom.